The van der Waals surface area contributed by atoms with E-state index in [1.165, 1.54) is 30.3 Å². The van der Waals surface area contributed by atoms with Gasteiger partial charge >= 0.3 is 0 Å². The van der Waals surface area contributed by atoms with Crippen LogP contribution in [0.25, 0.3) is 11.0 Å². The van der Waals surface area contributed by atoms with Crippen molar-refractivity contribution in [3.8, 4) is 0 Å². The van der Waals surface area contributed by atoms with Crippen LogP contribution in [0.15, 0.2) is 78.9 Å². The van der Waals surface area contributed by atoms with Gasteiger partial charge in [-0.05, 0) is 93.7 Å². The second kappa shape index (κ2) is 12.4. The minimum atomic E-state index is -0.171. The van der Waals surface area contributed by atoms with E-state index < -0.39 is 0 Å². The number of amides is 2. The van der Waals surface area contributed by atoms with Crippen LogP contribution in [-0.2, 0) is 5.41 Å². The summed E-state index contributed by atoms with van der Waals surface area (Å²) in [5.41, 5.74) is 4.77. The van der Waals surface area contributed by atoms with E-state index in [1.54, 1.807) is 12.1 Å². The van der Waals surface area contributed by atoms with Gasteiger partial charge in [0.2, 0.25) is 0 Å². The van der Waals surface area contributed by atoms with Gasteiger partial charge in [0.05, 0.1) is 22.2 Å². The molecule has 3 aliphatic heterocycles. The summed E-state index contributed by atoms with van der Waals surface area (Å²) in [4.78, 5) is 36.2. The number of benzene rings is 3. The Morgan fingerprint density at radius 2 is 1.49 bits per heavy atom. The number of aromatic nitrogens is 2. The minimum absolute atomic E-state index is 0.0375. The third-order valence-electron chi connectivity index (χ3n) is 10.9. The van der Waals surface area contributed by atoms with E-state index in [0.29, 0.717) is 48.9 Å². The van der Waals surface area contributed by atoms with Crippen LogP contribution in [-0.4, -0.2) is 69.4 Å². The average Bonchev–Trinajstić information content (AvgIpc) is 3.43. The molecule has 1 N–H and O–H groups in total. The van der Waals surface area contributed by atoms with Crippen LogP contribution in [0.4, 0.5) is 0 Å². The molecular formula is C38H45N5O2. The van der Waals surface area contributed by atoms with Crippen LogP contribution in [0.5, 0.6) is 0 Å². The fourth-order valence-corrected chi connectivity index (χ4v) is 8.46. The molecule has 3 saturated heterocycles. The number of hydrogen-bond donors (Lipinski definition) is 1. The van der Waals surface area contributed by atoms with Crippen LogP contribution in [0.1, 0.15) is 90.0 Å². The molecule has 45 heavy (non-hydrogen) atoms. The molecule has 4 aliphatic rings. The van der Waals surface area contributed by atoms with Crippen molar-refractivity contribution in [2.45, 2.75) is 82.3 Å². The Labute approximate surface area is 266 Å². The molecule has 4 fully saturated rings. The van der Waals surface area contributed by atoms with Crippen molar-refractivity contribution < 1.29 is 9.59 Å². The van der Waals surface area contributed by atoms with E-state index in [9.17, 15) is 9.59 Å². The maximum absolute atomic E-state index is 13.8. The Hall–Kier alpha value is -3.97. The number of hydrogen-bond acceptors (Lipinski definition) is 4. The van der Waals surface area contributed by atoms with Gasteiger partial charge in [0.25, 0.3) is 11.8 Å². The lowest BCUT2D eigenvalue weighted by molar-refractivity contribution is -0.0534. The normalized spacial score (nSPS) is 22.6. The molecule has 1 aromatic heterocycles. The molecule has 3 aromatic carbocycles. The first-order chi connectivity index (χ1) is 22.0. The van der Waals surface area contributed by atoms with Gasteiger partial charge in [0.1, 0.15) is 5.82 Å². The maximum atomic E-state index is 13.8. The van der Waals surface area contributed by atoms with Gasteiger partial charge in [0.15, 0.2) is 0 Å². The fourth-order valence-electron chi connectivity index (χ4n) is 8.46. The quantitative estimate of drug-likeness (QED) is 0.236. The molecule has 4 aromatic rings. The Bertz CT molecular complexity index is 1660. The zero-order valence-corrected chi connectivity index (χ0v) is 26.6. The SMILES string of the molecule is CCCNC(=O)c1ccccc1C(=O)N1CCC(CCN2C3CC2CC(n2c(C)nc4ccccc42)C3)(c2ccccc2)CC1. The number of carbonyl (C=O) groups is 2. The second-order valence-corrected chi connectivity index (χ2v) is 13.4. The van der Waals surface area contributed by atoms with Crippen molar-refractivity contribution in [1.29, 1.82) is 0 Å². The van der Waals surface area contributed by atoms with Gasteiger partial charge in [-0.2, -0.15) is 0 Å². The molecule has 0 spiro atoms. The van der Waals surface area contributed by atoms with Crippen LogP contribution in [0.3, 0.4) is 0 Å². The molecule has 1 saturated carbocycles. The number of nitrogens with one attached hydrogen (secondary N) is 1. The maximum Gasteiger partial charge on any atom is 0.254 e. The highest BCUT2D eigenvalue weighted by atomic mass is 16.2. The largest absolute Gasteiger partial charge is 0.352 e. The summed E-state index contributed by atoms with van der Waals surface area (Å²) in [6.45, 7) is 7.26. The summed E-state index contributed by atoms with van der Waals surface area (Å²) in [6.07, 6.45) is 7.48. The summed E-state index contributed by atoms with van der Waals surface area (Å²) in [6, 6.07) is 28.5. The van der Waals surface area contributed by atoms with Crippen LogP contribution in [0, 0.1) is 6.92 Å². The highest BCUT2D eigenvalue weighted by Gasteiger charge is 2.47. The van der Waals surface area contributed by atoms with Crippen molar-refractivity contribution in [2.24, 2.45) is 0 Å². The number of nitrogens with zero attached hydrogens (tertiary/aromatic N) is 4. The molecule has 7 nitrogen and oxygen atoms in total. The predicted octanol–water partition coefficient (Wildman–Crippen LogP) is 6.53. The zero-order chi connectivity index (χ0) is 31.0. The molecule has 8 rings (SSSR count). The van der Waals surface area contributed by atoms with E-state index in [1.807, 2.05) is 24.0 Å². The minimum Gasteiger partial charge on any atom is -0.352 e. The molecular weight excluding hydrogens is 558 g/mol. The summed E-state index contributed by atoms with van der Waals surface area (Å²) >= 11 is 0. The molecule has 234 valence electrons. The molecule has 7 heteroatoms. The van der Waals surface area contributed by atoms with Gasteiger partial charge in [0, 0.05) is 37.8 Å². The summed E-state index contributed by atoms with van der Waals surface area (Å²) in [5, 5.41) is 2.94. The lowest BCUT2D eigenvalue weighted by Gasteiger charge is -2.57. The highest BCUT2D eigenvalue weighted by Crippen LogP contribution is 2.47. The highest BCUT2D eigenvalue weighted by molar-refractivity contribution is 6.07. The molecule has 2 bridgehead atoms. The van der Waals surface area contributed by atoms with Crippen molar-refractivity contribution in [3.05, 3.63) is 101 Å². The third-order valence-corrected chi connectivity index (χ3v) is 10.9. The Morgan fingerprint density at radius 1 is 0.844 bits per heavy atom. The lowest BCUT2D eigenvalue weighted by Crippen LogP contribution is -2.61. The van der Waals surface area contributed by atoms with Crippen molar-refractivity contribution in [3.63, 3.8) is 0 Å². The smallest absolute Gasteiger partial charge is 0.254 e. The summed E-state index contributed by atoms with van der Waals surface area (Å²) in [5.74, 6) is 0.919. The predicted molar refractivity (Wildman–Crippen MR) is 179 cm³/mol. The van der Waals surface area contributed by atoms with Crippen LogP contribution < -0.4 is 5.32 Å². The number of imidazole rings is 1. The number of para-hydroxylation sites is 2. The Balaban J connectivity index is 1.03. The number of likely N-dealkylation sites (tertiary alicyclic amines) is 1. The van der Waals surface area contributed by atoms with Gasteiger partial charge in [-0.15, -0.1) is 0 Å². The van der Waals surface area contributed by atoms with Crippen LogP contribution in [0.2, 0.25) is 0 Å². The van der Waals surface area contributed by atoms with Gasteiger partial charge in [-0.25, -0.2) is 4.98 Å². The molecule has 1 aliphatic carbocycles. The van der Waals surface area contributed by atoms with E-state index in [-0.39, 0.29) is 17.2 Å². The van der Waals surface area contributed by atoms with Gasteiger partial charge in [-0.3, -0.25) is 14.5 Å². The summed E-state index contributed by atoms with van der Waals surface area (Å²) in [7, 11) is 0. The molecule has 4 heterocycles. The Kier molecular flexibility index (Phi) is 8.21. The van der Waals surface area contributed by atoms with Crippen molar-refractivity contribution in [1.82, 2.24) is 24.7 Å². The topological polar surface area (TPSA) is 70.5 Å². The first-order valence-corrected chi connectivity index (χ1v) is 16.9. The molecule has 2 atom stereocenters. The number of rotatable bonds is 9. The van der Waals surface area contributed by atoms with E-state index >= 15 is 0 Å². The van der Waals surface area contributed by atoms with E-state index in [2.05, 4.69) is 76.3 Å². The van der Waals surface area contributed by atoms with E-state index in [0.717, 1.165) is 43.6 Å². The fraction of sp³-hybridized carbons (Fsp3) is 0.447. The monoisotopic (exact) mass is 603 g/mol. The van der Waals surface area contributed by atoms with Crippen LogP contribution >= 0.6 is 0 Å². The first-order valence-electron chi connectivity index (χ1n) is 16.9. The standard InChI is InChI=1S/C38H45N5O2/c1-3-20-39-36(44)32-13-7-8-14-33(32)37(45)41-21-17-38(18-22-41,28-11-5-4-6-12-28)19-23-42-29-24-30(42)26-31(25-29)43-27(2)40-34-15-9-10-16-35(34)43/h4-16,29-31H,3,17-26H2,1-2H3,(H,39,44). The van der Waals surface area contributed by atoms with Crippen molar-refractivity contribution >= 4 is 22.8 Å². The molecule has 0 radical (unpaired) electrons. The van der Waals surface area contributed by atoms with Gasteiger partial charge < -0.3 is 14.8 Å². The first kappa shape index (κ1) is 29.7. The number of fused-ring (bicyclic) bond motifs is 3. The number of aryl methyl sites for hydroxylation is 1. The second-order valence-electron chi connectivity index (χ2n) is 13.4. The zero-order valence-electron chi connectivity index (χ0n) is 26.6. The third kappa shape index (κ3) is 5.56. The average molecular weight is 604 g/mol. The Morgan fingerprint density at radius 3 is 2.22 bits per heavy atom. The lowest BCUT2D eigenvalue weighted by atomic mass is 9.69. The molecule has 2 amide bonds. The number of piperidine rings is 2. The van der Waals surface area contributed by atoms with E-state index in [4.69, 9.17) is 4.98 Å². The number of carbonyl (C=O) groups excluding carboxylic acids is 2. The summed E-state index contributed by atoms with van der Waals surface area (Å²) < 4.78 is 2.50. The van der Waals surface area contributed by atoms with Gasteiger partial charge in [-0.1, -0.05) is 61.5 Å². The molecule has 2 unspecified atom stereocenters. The van der Waals surface area contributed by atoms with Crippen molar-refractivity contribution in [2.75, 3.05) is 26.2 Å².